The van der Waals surface area contributed by atoms with E-state index in [4.69, 9.17) is 16.7 Å². The fourth-order valence-corrected chi connectivity index (χ4v) is 1.20. The summed E-state index contributed by atoms with van der Waals surface area (Å²) in [5, 5.41) is 6.13. The number of nitrogens with two attached hydrogens (primary N) is 1. The van der Waals surface area contributed by atoms with Gasteiger partial charge in [-0.15, -0.1) is 0 Å². The zero-order chi connectivity index (χ0) is 7.56. The Kier molecular flexibility index (Phi) is 2.60. The van der Waals surface area contributed by atoms with Gasteiger partial charge in [-0.2, -0.15) is 0 Å². The van der Waals surface area contributed by atoms with E-state index in [1.807, 2.05) is 25.1 Å². The molecule has 1 aromatic carbocycles. The highest BCUT2D eigenvalue weighted by Crippen LogP contribution is 2.20. The van der Waals surface area contributed by atoms with Crippen LogP contribution in [0.1, 0.15) is 5.56 Å². The molecule has 0 saturated heterocycles. The third-order valence-electron chi connectivity index (χ3n) is 1.27. The van der Waals surface area contributed by atoms with Crippen molar-refractivity contribution in [2.45, 2.75) is 11.8 Å². The zero-order valence-corrected chi connectivity index (χ0v) is 7.17. The van der Waals surface area contributed by atoms with Gasteiger partial charge in [-0.25, -0.2) is 0 Å². The van der Waals surface area contributed by atoms with Crippen LogP contribution in [0.25, 0.3) is 0 Å². The lowest BCUT2D eigenvalue weighted by molar-refractivity contribution is 1.36. The lowest BCUT2D eigenvalue weighted by Gasteiger charge is -1.98. The Hall–Kier alpha value is -0.180. The average molecular weight is 174 g/mol. The van der Waals surface area contributed by atoms with Gasteiger partial charge in [-0.1, -0.05) is 11.6 Å². The molecule has 0 aliphatic carbocycles. The monoisotopic (exact) mass is 173 g/mol. The molecule has 0 aliphatic rings. The topological polar surface area (TPSA) is 26.0 Å². The maximum atomic E-state index is 5.79. The van der Waals surface area contributed by atoms with Gasteiger partial charge >= 0.3 is 0 Å². The van der Waals surface area contributed by atoms with Crippen LogP contribution in [-0.4, -0.2) is 0 Å². The standard InChI is InChI=1S/C7H8ClNS/c1-5-4-6(10-9)2-3-7(5)8/h2-4H,9H2,1H3. The molecular formula is C7H8ClNS. The van der Waals surface area contributed by atoms with E-state index in [9.17, 15) is 0 Å². The molecule has 1 rings (SSSR count). The first kappa shape index (κ1) is 7.92. The van der Waals surface area contributed by atoms with Crippen molar-refractivity contribution >= 4 is 23.5 Å². The Balaban J connectivity index is 3.04. The third kappa shape index (κ3) is 1.66. The first-order valence-electron chi connectivity index (χ1n) is 2.87. The van der Waals surface area contributed by atoms with E-state index in [1.54, 1.807) is 0 Å². The van der Waals surface area contributed by atoms with Gasteiger partial charge < -0.3 is 0 Å². The summed E-state index contributed by atoms with van der Waals surface area (Å²) in [5.74, 6) is 0. The largest absolute Gasteiger partial charge is 0.274 e. The van der Waals surface area contributed by atoms with Gasteiger partial charge in [0.25, 0.3) is 0 Å². The maximum absolute atomic E-state index is 5.79. The summed E-state index contributed by atoms with van der Waals surface area (Å²) in [7, 11) is 0. The van der Waals surface area contributed by atoms with Crippen molar-refractivity contribution < 1.29 is 0 Å². The molecule has 0 saturated carbocycles. The number of rotatable bonds is 1. The van der Waals surface area contributed by atoms with Gasteiger partial charge in [0.1, 0.15) is 0 Å². The molecule has 0 aliphatic heterocycles. The second-order valence-electron chi connectivity index (χ2n) is 2.03. The predicted octanol–water partition coefficient (Wildman–Crippen LogP) is 2.61. The van der Waals surface area contributed by atoms with Gasteiger partial charge in [-0.3, -0.25) is 5.14 Å². The molecule has 0 bridgehead atoms. The molecule has 0 fully saturated rings. The molecule has 0 amide bonds. The Morgan fingerprint density at radius 1 is 1.50 bits per heavy atom. The molecule has 3 heteroatoms. The Morgan fingerprint density at radius 2 is 2.20 bits per heavy atom. The van der Waals surface area contributed by atoms with Gasteiger partial charge in [-0.05, 0) is 42.6 Å². The molecular weight excluding hydrogens is 166 g/mol. The number of hydrogen-bond donors (Lipinski definition) is 1. The van der Waals surface area contributed by atoms with Crippen LogP contribution < -0.4 is 5.14 Å². The maximum Gasteiger partial charge on any atom is 0.0435 e. The zero-order valence-electron chi connectivity index (χ0n) is 5.60. The molecule has 54 valence electrons. The van der Waals surface area contributed by atoms with Gasteiger partial charge in [0.05, 0.1) is 0 Å². The van der Waals surface area contributed by atoms with Crippen LogP contribution in [0.15, 0.2) is 23.1 Å². The summed E-state index contributed by atoms with van der Waals surface area (Å²) < 4.78 is 0. The van der Waals surface area contributed by atoms with Crippen molar-refractivity contribution in [3.8, 4) is 0 Å². The summed E-state index contributed by atoms with van der Waals surface area (Å²) >= 11 is 7.02. The first-order valence-corrected chi connectivity index (χ1v) is 4.12. The summed E-state index contributed by atoms with van der Waals surface area (Å²) in [6.45, 7) is 1.96. The molecule has 0 unspecified atom stereocenters. The minimum absolute atomic E-state index is 0.790. The van der Waals surface area contributed by atoms with Crippen molar-refractivity contribution in [1.82, 2.24) is 0 Å². The molecule has 1 nitrogen and oxygen atoms in total. The van der Waals surface area contributed by atoms with Crippen molar-refractivity contribution in [3.63, 3.8) is 0 Å². The third-order valence-corrected chi connectivity index (χ3v) is 2.22. The second kappa shape index (κ2) is 3.28. The van der Waals surface area contributed by atoms with Gasteiger partial charge in [0.2, 0.25) is 0 Å². The van der Waals surface area contributed by atoms with E-state index in [0.717, 1.165) is 15.5 Å². The van der Waals surface area contributed by atoms with E-state index in [-0.39, 0.29) is 0 Å². The van der Waals surface area contributed by atoms with Crippen LogP contribution in [0, 0.1) is 6.92 Å². The van der Waals surface area contributed by atoms with E-state index in [2.05, 4.69) is 0 Å². The summed E-state index contributed by atoms with van der Waals surface area (Å²) in [6.07, 6.45) is 0. The minimum atomic E-state index is 0.790. The molecule has 0 spiro atoms. The Labute approximate surface area is 69.7 Å². The van der Waals surface area contributed by atoms with Crippen LogP contribution >= 0.6 is 23.5 Å². The van der Waals surface area contributed by atoms with Crippen molar-refractivity contribution in [2.75, 3.05) is 0 Å². The van der Waals surface area contributed by atoms with E-state index in [0.29, 0.717) is 0 Å². The van der Waals surface area contributed by atoms with Gasteiger partial charge in [0.15, 0.2) is 0 Å². The Bertz CT molecular complexity index is 237. The van der Waals surface area contributed by atoms with E-state index >= 15 is 0 Å². The van der Waals surface area contributed by atoms with Crippen LogP contribution in [-0.2, 0) is 0 Å². The number of hydrogen-bond acceptors (Lipinski definition) is 2. The van der Waals surface area contributed by atoms with Gasteiger partial charge in [0, 0.05) is 9.92 Å². The van der Waals surface area contributed by atoms with Crippen molar-refractivity contribution in [3.05, 3.63) is 28.8 Å². The van der Waals surface area contributed by atoms with Crippen LogP contribution in [0.2, 0.25) is 5.02 Å². The van der Waals surface area contributed by atoms with E-state index < -0.39 is 0 Å². The molecule has 0 aromatic heterocycles. The summed E-state index contributed by atoms with van der Waals surface area (Å²) in [5.41, 5.74) is 1.07. The molecule has 0 heterocycles. The Morgan fingerprint density at radius 3 is 2.70 bits per heavy atom. The second-order valence-corrected chi connectivity index (χ2v) is 3.14. The van der Waals surface area contributed by atoms with Crippen LogP contribution in [0.4, 0.5) is 0 Å². The quantitative estimate of drug-likeness (QED) is 0.661. The lowest BCUT2D eigenvalue weighted by Crippen LogP contribution is -1.81. The normalized spacial score (nSPS) is 9.90. The lowest BCUT2D eigenvalue weighted by atomic mass is 10.2. The molecule has 10 heavy (non-hydrogen) atoms. The molecule has 0 radical (unpaired) electrons. The van der Waals surface area contributed by atoms with E-state index in [1.165, 1.54) is 11.9 Å². The molecule has 2 N–H and O–H groups in total. The highest BCUT2D eigenvalue weighted by Gasteiger charge is 1.94. The summed E-state index contributed by atoms with van der Waals surface area (Å²) in [6, 6.07) is 5.72. The smallest absolute Gasteiger partial charge is 0.0435 e. The van der Waals surface area contributed by atoms with Crippen LogP contribution in [0.5, 0.6) is 0 Å². The fourth-order valence-electron chi connectivity index (χ4n) is 0.690. The highest BCUT2D eigenvalue weighted by atomic mass is 35.5. The SMILES string of the molecule is Cc1cc(SN)ccc1Cl. The van der Waals surface area contributed by atoms with Crippen molar-refractivity contribution in [2.24, 2.45) is 5.14 Å². The highest BCUT2D eigenvalue weighted by molar-refractivity contribution is 7.97. The van der Waals surface area contributed by atoms with Crippen LogP contribution in [0.3, 0.4) is 0 Å². The molecule has 0 atom stereocenters. The fraction of sp³-hybridized carbons (Fsp3) is 0.143. The number of halogens is 1. The minimum Gasteiger partial charge on any atom is -0.274 e. The number of aryl methyl sites for hydroxylation is 1. The summed E-state index contributed by atoms with van der Waals surface area (Å²) in [4.78, 5) is 1.04. The van der Waals surface area contributed by atoms with Crippen molar-refractivity contribution in [1.29, 1.82) is 0 Å². The number of benzene rings is 1. The average Bonchev–Trinajstić information content (AvgIpc) is 1.95. The predicted molar refractivity (Wildman–Crippen MR) is 46.2 cm³/mol. The first-order chi connectivity index (χ1) is 4.74. The molecule has 1 aromatic rings.